The minimum atomic E-state index is -0.202. The van der Waals surface area contributed by atoms with Gasteiger partial charge in [0, 0.05) is 38.3 Å². The second-order valence-electron chi connectivity index (χ2n) is 8.14. The summed E-state index contributed by atoms with van der Waals surface area (Å²) in [6.45, 7) is 3.80. The van der Waals surface area contributed by atoms with Crippen LogP contribution < -0.4 is 10.1 Å². The highest BCUT2D eigenvalue weighted by Gasteiger charge is 2.39. The molecule has 0 radical (unpaired) electrons. The van der Waals surface area contributed by atoms with E-state index in [0.29, 0.717) is 17.7 Å². The predicted octanol–water partition coefficient (Wildman–Crippen LogP) is 2.84. The lowest BCUT2D eigenvalue weighted by Crippen LogP contribution is -2.31. The number of aromatic nitrogens is 3. The van der Waals surface area contributed by atoms with E-state index in [1.165, 1.54) is 5.56 Å². The Bertz CT molecular complexity index is 1030. The first-order valence-electron chi connectivity index (χ1n) is 10.3. The quantitative estimate of drug-likeness (QED) is 0.709. The van der Waals surface area contributed by atoms with Crippen LogP contribution in [0.5, 0.6) is 5.75 Å². The summed E-state index contributed by atoms with van der Waals surface area (Å²) in [7, 11) is 1.69. The number of nitrogens with zero attached hydrogens (tertiary/aromatic N) is 4. The summed E-state index contributed by atoms with van der Waals surface area (Å²) in [6.07, 6.45) is 0.870. The van der Waals surface area contributed by atoms with Gasteiger partial charge in [-0.3, -0.25) is 9.69 Å². The Hall–Kier alpha value is -3.19. The number of carbonyl (C=O) groups is 1. The second-order valence-corrected chi connectivity index (χ2v) is 8.14. The fourth-order valence-electron chi connectivity index (χ4n) is 4.62. The molecular weight excluding hydrogens is 378 g/mol. The molecule has 3 aromatic rings. The average Bonchev–Trinajstić information content (AvgIpc) is 3.36. The molecule has 154 valence electrons. The molecular formula is C23H25N5O2. The van der Waals surface area contributed by atoms with Crippen molar-refractivity contribution < 1.29 is 9.53 Å². The summed E-state index contributed by atoms with van der Waals surface area (Å²) in [5.74, 6) is 3.07. The third-order valence-electron chi connectivity index (χ3n) is 6.14. The largest absolute Gasteiger partial charge is 0.497 e. The zero-order chi connectivity index (χ0) is 20.5. The molecule has 0 spiro atoms. The summed E-state index contributed by atoms with van der Waals surface area (Å²) in [5, 5.41) is 11.4. The highest BCUT2D eigenvalue weighted by atomic mass is 16.5. The van der Waals surface area contributed by atoms with Gasteiger partial charge in [-0.2, -0.15) is 0 Å². The molecule has 1 amide bonds. The molecule has 2 aliphatic heterocycles. The van der Waals surface area contributed by atoms with Gasteiger partial charge in [-0.25, -0.2) is 0 Å². The van der Waals surface area contributed by atoms with E-state index in [-0.39, 0.29) is 5.91 Å². The van der Waals surface area contributed by atoms with Gasteiger partial charge in [0.2, 0.25) is 5.82 Å². The SMILES string of the molecule is COc1ccc(CN2C[C@@H]3Cc4nnc(C(=O)Nc5ccccc5)n4C[C@@H]3C2)cc1. The van der Waals surface area contributed by atoms with E-state index in [9.17, 15) is 4.79 Å². The summed E-state index contributed by atoms with van der Waals surface area (Å²) in [4.78, 5) is 15.2. The van der Waals surface area contributed by atoms with Crippen LogP contribution in [-0.2, 0) is 19.5 Å². The Kier molecular flexibility index (Phi) is 4.96. The van der Waals surface area contributed by atoms with Crippen molar-refractivity contribution in [2.45, 2.75) is 19.5 Å². The van der Waals surface area contributed by atoms with Gasteiger partial charge >= 0.3 is 0 Å². The Balaban J connectivity index is 1.26. The second kappa shape index (κ2) is 7.91. The first kappa shape index (κ1) is 18.8. The molecule has 1 aromatic heterocycles. The molecule has 5 rings (SSSR count). The van der Waals surface area contributed by atoms with E-state index in [2.05, 4.69) is 32.5 Å². The minimum absolute atomic E-state index is 0.202. The molecule has 2 atom stereocenters. The number of para-hydroxylation sites is 1. The molecule has 2 aliphatic rings. The molecule has 1 N–H and O–H groups in total. The highest BCUT2D eigenvalue weighted by molar-refractivity contribution is 6.01. The zero-order valence-corrected chi connectivity index (χ0v) is 17.0. The topological polar surface area (TPSA) is 72.3 Å². The Morgan fingerprint density at radius 3 is 2.57 bits per heavy atom. The summed E-state index contributed by atoms with van der Waals surface area (Å²) < 4.78 is 7.26. The van der Waals surface area contributed by atoms with Crippen molar-refractivity contribution >= 4 is 11.6 Å². The van der Waals surface area contributed by atoms with Crippen LogP contribution in [0.4, 0.5) is 5.69 Å². The number of ether oxygens (including phenoxy) is 1. The number of anilines is 1. The molecule has 0 bridgehead atoms. The van der Waals surface area contributed by atoms with Crippen LogP contribution in [0.2, 0.25) is 0 Å². The molecule has 0 saturated carbocycles. The molecule has 3 heterocycles. The summed E-state index contributed by atoms with van der Waals surface area (Å²) >= 11 is 0. The van der Waals surface area contributed by atoms with Gasteiger partial charge in [0.1, 0.15) is 11.6 Å². The lowest BCUT2D eigenvalue weighted by molar-refractivity contribution is 0.100. The standard InChI is InChI=1S/C23H25N5O2/c1-30-20-9-7-16(8-10-20)12-27-13-17-11-21-25-26-22(28(21)15-18(17)14-27)23(29)24-19-5-3-2-4-6-19/h2-10,17-18H,11-15H2,1H3,(H,24,29)/t17-,18-/m0/s1. The average molecular weight is 403 g/mol. The van der Waals surface area contributed by atoms with Crippen LogP contribution in [0.3, 0.4) is 0 Å². The fourth-order valence-corrected chi connectivity index (χ4v) is 4.62. The lowest BCUT2D eigenvalue weighted by atomic mass is 9.89. The highest BCUT2D eigenvalue weighted by Crippen LogP contribution is 2.33. The predicted molar refractivity (Wildman–Crippen MR) is 113 cm³/mol. The van der Waals surface area contributed by atoms with E-state index in [0.717, 1.165) is 49.9 Å². The molecule has 0 unspecified atom stereocenters. The normalized spacial score (nSPS) is 20.4. The van der Waals surface area contributed by atoms with Crippen LogP contribution >= 0.6 is 0 Å². The van der Waals surface area contributed by atoms with Crippen molar-refractivity contribution in [2.24, 2.45) is 11.8 Å². The van der Waals surface area contributed by atoms with E-state index < -0.39 is 0 Å². The van der Waals surface area contributed by atoms with E-state index >= 15 is 0 Å². The van der Waals surface area contributed by atoms with Crippen molar-refractivity contribution in [1.29, 1.82) is 0 Å². The van der Waals surface area contributed by atoms with Crippen molar-refractivity contribution in [3.05, 3.63) is 71.8 Å². The number of fused-ring (bicyclic) bond motifs is 2. The van der Waals surface area contributed by atoms with Gasteiger partial charge in [-0.1, -0.05) is 30.3 Å². The molecule has 2 aromatic carbocycles. The van der Waals surface area contributed by atoms with Gasteiger partial charge in [-0.15, -0.1) is 10.2 Å². The maximum absolute atomic E-state index is 12.7. The third-order valence-corrected chi connectivity index (χ3v) is 6.14. The van der Waals surface area contributed by atoms with Gasteiger partial charge in [0.25, 0.3) is 5.91 Å². The summed E-state index contributed by atoms with van der Waals surface area (Å²) in [6, 6.07) is 17.7. The number of carbonyl (C=O) groups excluding carboxylic acids is 1. The minimum Gasteiger partial charge on any atom is -0.497 e. The number of hydrogen-bond donors (Lipinski definition) is 1. The molecule has 30 heavy (non-hydrogen) atoms. The maximum atomic E-state index is 12.7. The lowest BCUT2D eigenvalue weighted by Gasteiger charge is -2.25. The Morgan fingerprint density at radius 1 is 1.03 bits per heavy atom. The monoisotopic (exact) mass is 403 g/mol. The van der Waals surface area contributed by atoms with Crippen LogP contribution in [0.25, 0.3) is 0 Å². The Labute approximate surface area is 175 Å². The van der Waals surface area contributed by atoms with Gasteiger partial charge in [0.15, 0.2) is 0 Å². The molecule has 0 aliphatic carbocycles. The van der Waals surface area contributed by atoms with Gasteiger partial charge in [0.05, 0.1) is 7.11 Å². The number of likely N-dealkylation sites (tertiary alicyclic amines) is 1. The number of rotatable bonds is 5. The van der Waals surface area contributed by atoms with Crippen LogP contribution in [0.1, 0.15) is 22.0 Å². The fraction of sp³-hybridized carbons (Fsp3) is 0.348. The molecule has 7 heteroatoms. The van der Waals surface area contributed by atoms with E-state index in [4.69, 9.17) is 4.74 Å². The van der Waals surface area contributed by atoms with Gasteiger partial charge in [-0.05, 0) is 41.7 Å². The number of benzene rings is 2. The van der Waals surface area contributed by atoms with Crippen LogP contribution in [0.15, 0.2) is 54.6 Å². The van der Waals surface area contributed by atoms with Crippen LogP contribution in [-0.4, -0.2) is 45.8 Å². The maximum Gasteiger partial charge on any atom is 0.293 e. The van der Waals surface area contributed by atoms with Crippen molar-refractivity contribution in [2.75, 3.05) is 25.5 Å². The first-order chi connectivity index (χ1) is 14.7. The zero-order valence-electron chi connectivity index (χ0n) is 17.0. The van der Waals surface area contributed by atoms with Crippen molar-refractivity contribution in [3.63, 3.8) is 0 Å². The number of hydrogen-bond acceptors (Lipinski definition) is 5. The van der Waals surface area contributed by atoms with Gasteiger partial charge < -0.3 is 14.6 Å². The number of methoxy groups -OCH3 is 1. The number of amides is 1. The first-order valence-corrected chi connectivity index (χ1v) is 10.3. The smallest absolute Gasteiger partial charge is 0.293 e. The summed E-state index contributed by atoms with van der Waals surface area (Å²) in [5.41, 5.74) is 2.05. The van der Waals surface area contributed by atoms with E-state index in [1.54, 1.807) is 7.11 Å². The molecule has 7 nitrogen and oxygen atoms in total. The molecule has 1 fully saturated rings. The molecule has 1 saturated heterocycles. The van der Waals surface area contributed by atoms with E-state index in [1.807, 2.05) is 47.0 Å². The number of nitrogens with one attached hydrogen (secondary N) is 1. The van der Waals surface area contributed by atoms with Crippen molar-refractivity contribution in [3.8, 4) is 5.75 Å². The van der Waals surface area contributed by atoms with Crippen molar-refractivity contribution in [1.82, 2.24) is 19.7 Å². The third kappa shape index (κ3) is 3.68. The van der Waals surface area contributed by atoms with Crippen LogP contribution in [0, 0.1) is 11.8 Å². The Morgan fingerprint density at radius 2 is 1.80 bits per heavy atom.